The third-order valence-electron chi connectivity index (χ3n) is 6.31. The summed E-state index contributed by atoms with van der Waals surface area (Å²) in [6, 6.07) is 0.706. The number of thiazole rings is 1. The first kappa shape index (κ1) is 16.0. The van der Waals surface area contributed by atoms with E-state index < -0.39 is 0 Å². The van der Waals surface area contributed by atoms with Gasteiger partial charge in [0.15, 0.2) is 0 Å². The van der Waals surface area contributed by atoms with Crippen LogP contribution in [-0.4, -0.2) is 38.6 Å². The van der Waals surface area contributed by atoms with Gasteiger partial charge in [-0.15, -0.1) is 11.3 Å². The Bertz CT molecular complexity index is 741. The van der Waals surface area contributed by atoms with Gasteiger partial charge in [0.2, 0.25) is 0 Å². The molecule has 0 bridgehead atoms. The van der Waals surface area contributed by atoms with Gasteiger partial charge in [0.25, 0.3) is 0 Å². The summed E-state index contributed by atoms with van der Waals surface area (Å²) < 4.78 is 2.16. The maximum atomic E-state index is 4.69. The summed E-state index contributed by atoms with van der Waals surface area (Å²) in [7, 11) is 2.10. The second-order valence-electron chi connectivity index (χ2n) is 8.13. The first-order valence-corrected chi connectivity index (χ1v) is 10.4. The van der Waals surface area contributed by atoms with Crippen molar-refractivity contribution in [2.75, 3.05) is 13.1 Å². The average molecular weight is 358 g/mol. The standard InChI is InChI=1S/C19H27N5S/c1-23-9-8-21-17(23)13-24(16-10-19(16)4-6-20-7-5-19)12-15-11-22-18(25-15)14-2-3-14/h8-9,11,14,16,20H,2-7,10,12-13H2,1H3/t16-/m1/s1. The molecule has 3 fully saturated rings. The molecule has 3 heterocycles. The van der Waals surface area contributed by atoms with Crippen molar-refractivity contribution in [2.24, 2.45) is 12.5 Å². The largest absolute Gasteiger partial charge is 0.337 e. The van der Waals surface area contributed by atoms with Gasteiger partial charge in [-0.1, -0.05) is 0 Å². The molecule has 1 saturated heterocycles. The molecule has 1 aliphatic heterocycles. The molecule has 2 aliphatic carbocycles. The highest BCUT2D eigenvalue weighted by Gasteiger charge is 2.56. The van der Waals surface area contributed by atoms with Gasteiger partial charge < -0.3 is 9.88 Å². The second-order valence-corrected chi connectivity index (χ2v) is 9.28. The Balaban J connectivity index is 1.34. The van der Waals surface area contributed by atoms with E-state index in [0.717, 1.165) is 19.0 Å². The first-order valence-electron chi connectivity index (χ1n) is 9.59. The quantitative estimate of drug-likeness (QED) is 0.863. The van der Waals surface area contributed by atoms with E-state index in [1.165, 1.54) is 60.9 Å². The van der Waals surface area contributed by atoms with Crippen LogP contribution >= 0.6 is 11.3 Å². The molecular formula is C19H27N5S. The molecule has 1 atom stereocenters. The van der Waals surface area contributed by atoms with Crippen molar-refractivity contribution < 1.29 is 0 Å². The molecule has 3 aliphatic rings. The summed E-state index contributed by atoms with van der Waals surface area (Å²) in [5, 5.41) is 4.88. The fraction of sp³-hybridized carbons (Fsp3) is 0.684. The summed E-state index contributed by atoms with van der Waals surface area (Å²) in [6.07, 6.45) is 12.8. The zero-order valence-electron chi connectivity index (χ0n) is 14.9. The molecule has 0 amide bonds. The van der Waals surface area contributed by atoms with Gasteiger partial charge in [-0.3, -0.25) is 4.90 Å². The first-order chi connectivity index (χ1) is 12.2. The van der Waals surface area contributed by atoms with Crippen molar-refractivity contribution >= 4 is 11.3 Å². The van der Waals surface area contributed by atoms with Crippen molar-refractivity contribution in [3.05, 3.63) is 34.3 Å². The Labute approximate surface area is 153 Å². The summed E-state index contributed by atoms with van der Waals surface area (Å²) in [5.41, 5.74) is 0.556. The number of hydrogen-bond donors (Lipinski definition) is 1. The van der Waals surface area contributed by atoms with E-state index in [1.807, 2.05) is 17.5 Å². The Kier molecular flexibility index (Phi) is 3.95. The molecule has 134 valence electrons. The van der Waals surface area contributed by atoms with E-state index in [2.05, 4.69) is 39.2 Å². The zero-order chi connectivity index (χ0) is 16.9. The van der Waals surface area contributed by atoms with Crippen LogP contribution in [-0.2, 0) is 20.1 Å². The summed E-state index contributed by atoms with van der Waals surface area (Å²) in [5.74, 6) is 1.93. The van der Waals surface area contributed by atoms with E-state index in [0.29, 0.717) is 11.5 Å². The van der Waals surface area contributed by atoms with E-state index in [4.69, 9.17) is 4.98 Å². The van der Waals surface area contributed by atoms with E-state index in [1.54, 1.807) is 0 Å². The lowest BCUT2D eigenvalue weighted by Crippen LogP contribution is -2.36. The maximum absolute atomic E-state index is 4.69. The van der Waals surface area contributed by atoms with Gasteiger partial charge >= 0.3 is 0 Å². The van der Waals surface area contributed by atoms with Gasteiger partial charge in [-0.25, -0.2) is 9.97 Å². The van der Waals surface area contributed by atoms with Crippen LogP contribution in [0.3, 0.4) is 0 Å². The predicted molar refractivity (Wildman–Crippen MR) is 99.5 cm³/mol. The Morgan fingerprint density at radius 1 is 1.28 bits per heavy atom. The fourth-order valence-electron chi connectivity index (χ4n) is 4.43. The average Bonchev–Trinajstić information content (AvgIpc) is 3.49. The van der Waals surface area contributed by atoms with Crippen LogP contribution in [0.25, 0.3) is 0 Å². The molecule has 2 aromatic heterocycles. The molecule has 5 nitrogen and oxygen atoms in total. The van der Waals surface area contributed by atoms with E-state index in [-0.39, 0.29) is 0 Å². The maximum Gasteiger partial charge on any atom is 0.122 e. The van der Waals surface area contributed by atoms with Gasteiger partial charge in [-0.05, 0) is 50.6 Å². The third kappa shape index (κ3) is 3.15. The monoisotopic (exact) mass is 357 g/mol. The van der Waals surface area contributed by atoms with Crippen molar-refractivity contribution in [1.29, 1.82) is 0 Å². The molecule has 1 spiro atoms. The number of nitrogens with one attached hydrogen (secondary N) is 1. The fourth-order valence-corrected chi connectivity index (χ4v) is 5.54. The molecule has 0 aromatic carbocycles. The van der Waals surface area contributed by atoms with Crippen LogP contribution in [0.4, 0.5) is 0 Å². The molecule has 25 heavy (non-hydrogen) atoms. The van der Waals surface area contributed by atoms with Crippen LogP contribution in [0.1, 0.15) is 53.7 Å². The van der Waals surface area contributed by atoms with Crippen molar-refractivity contribution in [2.45, 2.75) is 57.2 Å². The number of aryl methyl sites for hydroxylation is 1. The lowest BCUT2D eigenvalue weighted by Gasteiger charge is -2.29. The molecule has 1 N–H and O–H groups in total. The van der Waals surface area contributed by atoms with Crippen molar-refractivity contribution in [3.63, 3.8) is 0 Å². The molecule has 6 heteroatoms. The number of aromatic nitrogens is 3. The molecule has 0 radical (unpaired) electrons. The number of nitrogens with zero attached hydrogens (tertiary/aromatic N) is 4. The highest BCUT2D eigenvalue weighted by Crippen LogP contribution is 2.56. The number of imidazole rings is 1. The summed E-state index contributed by atoms with van der Waals surface area (Å²) in [6.45, 7) is 4.33. The highest BCUT2D eigenvalue weighted by atomic mass is 32.1. The Morgan fingerprint density at radius 3 is 2.84 bits per heavy atom. The van der Waals surface area contributed by atoms with Crippen LogP contribution in [0.2, 0.25) is 0 Å². The predicted octanol–water partition coefficient (Wildman–Crippen LogP) is 2.90. The van der Waals surface area contributed by atoms with Gasteiger partial charge in [-0.2, -0.15) is 0 Å². The van der Waals surface area contributed by atoms with Crippen LogP contribution < -0.4 is 5.32 Å². The smallest absolute Gasteiger partial charge is 0.122 e. The summed E-state index contributed by atoms with van der Waals surface area (Å²) >= 11 is 1.94. The SMILES string of the molecule is Cn1ccnc1CN(Cc1cnc(C2CC2)s1)[C@@H]1CC12CCNCC2. The zero-order valence-corrected chi connectivity index (χ0v) is 15.8. The van der Waals surface area contributed by atoms with Crippen LogP contribution in [0.5, 0.6) is 0 Å². The van der Waals surface area contributed by atoms with E-state index in [9.17, 15) is 0 Å². The molecule has 5 rings (SSSR count). The third-order valence-corrected chi connectivity index (χ3v) is 7.45. The molecule has 2 saturated carbocycles. The minimum Gasteiger partial charge on any atom is -0.337 e. The molecule has 2 aromatic rings. The topological polar surface area (TPSA) is 46.0 Å². The minimum atomic E-state index is 0.556. The molecular weight excluding hydrogens is 330 g/mol. The summed E-state index contributed by atoms with van der Waals surface area (Å²) in [4.78, 5) is 13.4. The molecule has 0 unspecified atom stereocenters. The van der Waals surface area contributed by atoms with Crippen LogP contribution in [0.15, 0.2) is 18.6 Å². The number of piperidine rings is 1. The lowest BCUT2D eigenvalue weighted by molar-refractivity contribution is 0.184. The number of hydrogen-bond acceptors (Lipinski definition) is 5. The van der Waals surface area contributed by atoms with Crippen molar-refractivity contribution in [3.8, 4) is 0 Å². The van der Waals surface area contributed by atoms with Crippen molar-refractivity contribution in [1.82, 2.24) is 24.8 Å². The van der Waals surface area contributed by atoms with Crippen LogP contribution in [0, 0.1) is 5.41 Å². The normalized spacial score (nSPS) is 25.0. The lowest BCUT2D eigenvalue weighted by atomic mass is 9.93. The minimum absolute atomic E-state index is 0.556. The van der Waals surface area contributed by atoms with E-state index >= 15 is 0 Å². The van der Waals surface area contributed by atoms with Gasteiger partial charge in [0, 0.05) is 49.0 Å². The Hall–Kier alpha value is -1.24. The Morgan fingerprint density at radius 2 is 2.12 bits per heavy atom. The second kappa shape index (κ2) is 6.18. The number of rotatable bonds is 6. The van der Waals surface area contributed by atoms with Gasteiger partial charge in [0.1, 0.15) is 5.82 Å². The highest BCUT2D eigenvalue weighted by molar-refractivity contribution is 7.11. The van der Waals surface area contributed by atoms with Gasteiger partial charge in [0.05, 0.1) is 11.6 Å².